The molecule has 1 aromatic carbocycles. The van der Waals surface area contributed by atoms with Crippen molar-refractivity contribution in [2.24, 2.45) is 5.92 Å². The summed E-state index contributed by atoms with van der Waals surface area (Å²) in [6.45, 7) is 3.09. The predicted octanol–water partition coefficient (Wildman–Crippen LogP) is 2.19. The first-order valence-corrected chi connectivity index (χ1v) is 6.38. The molecule has 2 rings (SSSR count). The van der Waals surface area contributed by atoms with Crippen LogP contribution in [0.1, 0.15) is 23.7 Å². The van der Waals surface area contributed by atoms with E-state index in [1.807, 2.05) is 0 Å². The number of amides is 1. The van der Waals surface area contributed by atoms with Crippen molar-refractivity contribution in [3.8, 4) is 11.5 Å². The molecule has 0 saturated carbocycles. The minimum atomic E-state index is -0.372. The van der Waals surface area contributed by atoms with Crippen LogP contribution in [0.4, 0.5) is 0 Å². The second kappa shape index (κ2) is 5.06. The molecular weight excluding hydrogens is 254 g/mol. The lowest BCUT2D eigenvalue weighted by Gasteiger charge is -2.34. The number of hydrogen-bond acceptors (Lipinski definition) is 3. The first-order chi connectivity index (χ1) is 8.50. The molecule has 2 unspecified atom stereocenters. The van der Waals surface area contributed by atoms with Crippen LogP contribution in [0.3, 0.4) is 0 Å². The molecule has 1 fully saturated rings. The van der Waals surface area contributed by atoms with Gasteiger partial charge in [-0.1, -0.05) is 13.0 Å². The Balaban J connectivity index is 2.22. The molecule has 4 nitrogen and oxygen atoms in total. The zero-order valence-corrected chi connectivity index (χ0v) is 10.9. The maximum Gasteiger partial charge on any atom is 0.261 e. The maximum absolute atomic E-state index is 12.2. The van der Waals surface area contributed by atoms with Gasteiger partial charge in [-0.25, -0.2) is 0 Å². The van der Waals surface area contributed by atoms with E-state index in [0.717, 1.165) is 6.42 Å². The highest BCUT2D eigenvalue weighted by Gasteiger charge is 2.30. The summed E-state index contributed by atoms with van der Waals surface area (Å²) in [7, 11) is 0. The zero-order chi connectivity index (χ0) is 13.3. The lowest BCUT2D eigenvalue weighted by Crippen LogP contribution is -2.43. The molecule has 5 heteroatoms. The number of nitrogens with zero attached hydrogens (tertiary/aromatic N) is 1. The molecule has 98 valence electrons. The van der Waals surface area contributed by atoms with Crippen molar-refractivity contribution in [3.05, 3.63) is 23.8 Å². The van der Waals surface area contributed by atoms with Crippen LogP contribution < -0.4 is 0 Å². The molecule has 2 atom stereocenters. The Morgan fingerprint density at radius 2 is 2.00 bits per heavy atom. The Labute approximate surface area is 111 Å². The Hall–Kier alpha value is -1.42. The highest BCUT2D eigenvalue weighted by molar-refractivity contribution is 6.21. The number of carbonyl (C=O) groups excluding carboxylic acids is 1. The van der Waals surface area contributed by atoms with Gasteiger partial charge >= 0.3 is 0 Å². The van der Waals surface area contributed by atoms with Gasteiger partial charge in [-0.3, -0.25) is 4.79 Å². The molecule has 0 spiro atoms. The highest BCUT2D eigenvalue weighted by atomic mass is 35.5. The standard InChI is InChI=1S/C13H16ClNO3/c1-8-5-6-15(7-9(8)14)13(18)12-10(16)3-2-4-11(12)17/h2-4,8-9,16-17H,5-7H2,1H3. The number of hydrogen-bond donors (Lipinski definition) is 2. The summed E-state index contributed by atoms with van der Waals surface area (Å²) in [5.41, 5.74) is -0.0454. The number of benzene rings is 1. The SMILES string of the molecule is CC1CCN(C(=O)c2c(O)cccc2O)CC1Cl. The fourth-order valence-corrected chi connectivity index (χ4v) is 2.40. The summed E-state index contributed by atoms with van der Waals surface area (Å²) < 4.78 is 0. The number of phenolic OH excluding ortho intramolecular Hbond substituents is 2. The van der Waals surface area contributed by atoms with E-state index in [2.05, 4.69) is 6.92 Å². The van der Waals surface area contributed by atoms with Crippen molar-refractivity contribution in [2.45, 2.75) is 18.7 Å². The number of carbonyl (C=O) groups is 1. The first-order valence-electron chi connectivity index (χ1n) is 5.95. The van der Waals surface area contributed by atoms with Crippen LogP contribution in [0.2, 0.25) is 0 Å². The lowest BCUT2D eigenvalue weighted by atomic mass is 9.98. The van der Waals surface area contributed by atoms with Crippen molar-refractivity contribution in [3.63, 3.8) is 0 Å². The fraction of sp³-hybridized carbons (Fsp3) is 0.462. The normalized spacial score (nSPS) is 24.0. The average molecular weight is 270 g/mol. The molecule has 0 radical (unpaired) electrons. The van der Waals surface area contributed by atoms with E-state index in [-0.39, 0.29) is 28.3 Å². The number of phenols is 2. The van der Waals surface area contributed by atoms with Crippen LogP contribution in [0.15, 0.2) is 18.2 Å². The van der Waals surface area contributed by atoms with Crippen LogP contribution in [0.25, 0.3) is 0 Å². The second-order valence-electron chi connectivity index (χ2n) is 4.70. The molecule has 1 aliphatic rings. The van der Waals surface area contributed by atoms with E-state index >= 15 is 0 Å². The fourth-order valence-electron chi connectivity index (χ4n) is 2.11. The van der Waals surface area contributed by atoms with Crippen molar-refractivity contribution in [1.82, 2.24) is 4.90 Å². The summed E-state index contributed by atoms with van der Waals surface area (Å²) in [6.07, 6.45) is 0.828. The van der Waals surface area contributed by atoms with Gasteiger partial charge in [-0.2, -0.15) is 0 Å². The molecule has 0 aromatic heterocycles. The van der Waals surface area contributed by atoms with Crippen LogP contribution >= 0.6 is 11.6 Å². The van der Waals surface area contributed by atoms with Crippen molar-refractivity contribution in [1.29, 1.82) is 0 Å². The minimum Gasteiger partial charge on any atom is -0.507 e. The molecule has 2 N–H and O–H groups in total. The van der Waals surface area contributed by atoms with Crippen LogP contribution in [-0.2, 0) is 0 Å². The number of halogens is 1. The summed E-state index contributed by atoms with van der Waals surface area (Å²) in [5, 5.41) is 19.3. The summed E-state index contributed by atoms with van der Waals surface area (Å²) in [5.74, 6) is -0.411. The Bertz CT molecular complexity index is 443. The van der Waals surface area contributed by atoms with Gasteiger partial charge in [0.15, 0.2) is 0 Å². The Morgan fingerprint density at radius 3 is 2.56 bits per heavy atom. The quantitative estimate of drug-likeness (QED) is 0.769. The average Bonchev–Trinajstić information content (AvgIpc) is 2.32. The monoisotopic (exact) mass is 269 g/mol. The van der Waals surface area contributed by atoms with E-state index in [1.54, 1.807) is 4.90 Å². The van der Waals surface area contributed by atoms with Gasteiger partial charge < -0.3 is 15.1 Å². The molecule has 1 aromatic rings. The van der Waals surface area contributed by atoms with E-state index in [9.17, 15) is 15.0 Å². The van der Waals surface area contributed by atoms with Crippen LogP contribution in [-0.4, -0.2) is 39.5 Å². The maximum atomic E-state index is 12.2. The van der Waals surface area contributed by atoms with Gasteiger partial charge in [0, 0.05) is 13.1 Å². The molecule has 0 aliphatic carbocycles. The number of rotatable bonds is 1. The van der Waals surface area contributed by atoms with E-state index in [1.165, 1.54) is 18.2 Å². The molecule has 18 heavy (non-hydrogen) atoms. The van der Waals surface area contributed by atoms with Gasteiger partial charge in [0.05, 0.1) is 5.38 Å². The Kier molecular flexibility index (Phi) is 3.66. The third-order valence-electron chi connectivity index (χ3n) is 3.39. The predicted molar refractivity (Wildman–Crippen MR) is 69.1 cm³/mol. The smallest absolute Gasteiger partial charge is 0.261 e. The van der Waals surface area contributed by atoms with Gasteiger partial charge in [-0.05, 0) is 24.5 Å². The second-order valence-corrected chi connectivity index (χ2v) is 5.26. The van der Waals surface area contributed by atoms with Crippen molar-refractivity contribution < 1.29 is 15.0 Å². The Morgan fingerprint density at radius 1 is 1.39 bits per heavy atom. The largest absolute Gasteiger partial charge is 0.507 e. The third-order valence-corrected chi connectivity index (χ3v) is 3.96. The molecule has 1 saturated heterocycles. The summed E-state index contributed by atoms with van der Waals surface area (Å²) in [6, 6.07) is 4.26. The molecule has 1 heterocycles. The summed E-state index contributed by atoms with van der Waals surface area (Å²) >= 11 is 6.15. The molecule has 0 bridgehead atoms. The van der Waals surface area contributed by atoms with Gasteiger partial charge in [-0.15, -0.1) is 11.6 Å². The van der Waals surface area contributed by atoms with E-state index in [4.69, 9.17) is 11.6 Å². The topological polar surface area (TPSA) is 60.8 Å². The first kappa shape index (κ1) is 13.0. The molecular formula is C13H16ClNO3. The van der Waals surface area contributed by atoms with Crippen LogP contribution in [0, 0.1) is 5.92 Å². The van der Waals surface area contributed by atoms with Crippen molar-refractivity contribution >= 4 is 17.5 Å². The number of aromatic hydroxyl groups is 2. The minimum absolute atomic E-state index is 0.0454. The third kappa shape index (κ3) is 2.38. The number of alkyl halides is 1. The molecule has 1 amide bonds. The zero-order valence-electron chi connectivity index (χ0n) is 10.1. The number of likely N-dealkylation sites (tertiary alicyclic amines) is 1. The van der Waals surface area contributed by atoms with Gasteiger partial charge in [0.2, 0.25) is 0 Å². The van der Waals surface area contributed by atoms with E-state index < -0.39 is 0 Å². The summed E-state index contributed by atoms with van der Waals surface area (Å²) in [4.78, 5) is 13.8. The van der Waals surface area contributed by atoms with E-state index in [0.29, 0.717) is 19.0 Å². The van der Waals surface area contributed by atoms with Gasteiger partial charge in [0.1, 0.15) is 17.1 Å². The molecule has 1 aliphatic heterocycles. The van der Waals surface area contributed by atoms with Gasteiger partial charge in [0.25, 0.3) is 5.91 Å². The highest BCUT2D eigenvalue weighted by Crippen LogP contribution is 2.30. The number of piperidine rings is 1. The lowest BCUT2D eigenvalue weighted by molar-refractivity contribution is 0.0695. The van der Waals surface area contributed by atoms with Crippen molar-refractivity contribution in [2.75, 3.05) is 13.1 Å². The van der Waals surface area contributed by atoms with Crippen LogP contribution in [0.5, 0.6) is 11.5 Å².